The van der Waals surface area contributed by atoms with E-state index >= 15 is 0 Å². The van der Waals surface area contributed by atoms with Crippen molar-refractivity contribution in [2.24, 2.45) is 4.99 Å². The number of halogens is 3. The molecule has 1 aromatic carbocycles. The van der Waals surface area contributed by atoms with Crippen LogP contribution in [0.3, 0.4) is 0 Å². The minimum atomic E-state index is -3.33. The highest BCUT2D eigenvalue weighted by molar-refractivity contribution is 14.0. The van der Waals surface area contributed by atoms with Gasteiger partial charge in [-0.25, -0.2) is 12.7 Å². The first-order valence-electron chi connectivity index (χ1n) is 8.29. The fourth-order valence-electron chi connectivity index (χ4n) is 2.30. The van der Waals surface area contributed by atoms with Gasteiger partial charge in [0.15, 0.2) is 5.96 Å². The number of nitrogens with one attached hydrogen (secondary N) is 2. The van der Waals surface area contributed by atoms with E-state index in [-0.39, 0.29) is 48.6 Å². The smallest absolute Gasteiger partial charge is 0.387 e. The lowest BCUT2D eigenvalue weighted by Crippen LogP contribution is -2.41. The third-order valence-electron chi connectivity index (χ3n) is 3.61. The van der Waals surface area contributed by atoms with Crippen molar-refractivity contribution in [1.29, 1.82) is 0 Å². The van der Waals surface area contributed by atoms with Crippen LogP contribution in [0.25, 0.3) is 0 Å². The van der Waals surface area contributed by atoms with Gasteiger partial charge in [-0.05, 0) is 6.07 Å². The van der Waals surface area contributed by atoms with E-state index in [1.54, 1.807) is 32.0 Å². The van der Waals surface area contributed by atoms with Crippen LogP contribution in [0.4, 0.5) is 8.78 Å². The first-order chi connectivity index (χ1) is 12.3. The second-order valence-electron chi connectivity index (χ2n) is 5.24. The maximum Gasteiger partial charge on any atom is 0.387 e. The highest BCUT2D eigenvalue weighted by Gasteiger charge is 2.18. The van der Waals surface area contributed by atoms with Gasteiger partial charge in [-0.2, -0.15) is 8.78 Å². The molecule has 1 aromatic rings. The van der Waals surface area contributed by atoms with Crippen LogP contribution in [0.5, 0.6) is 5.75 Å². The first kappa shape index (κ1) is 25.8. The molecule has 0 saturated heterocycles. The standard InChI is InChI=1S/C16H26F2N4O3S.HI/c1-4-22(5-2)26(23,24)11-10-20-16(19-3)21-12-13-8-6-7-9-14(13)25-15(17)18;/h6-9,15H,4-5,10-12H2,1-3H3,(H2,19,20,21);1H. The van der Waals surface area contributed by atoms with Crippen LogP contribution in [-0.2, 0) is 16.6 Å². The van der Waals surface area contributed by atoms with Gasteiger partial charge in [0.2, 0.25) is 10.0 Å². The molecule has 0 fully saturated rings. The number of nitrogens with zero attached hydrogens (tertiary/aromatic N) is 2. The Bertz CT molecular complexity index is 686. The summed E-state index contributed by atoms with van der Waals surface area (Å²) in [6.45, 7) is 1.89. The van der Waals surface area contributed by atoms with E-state index in [0.29, 0.717) is 24.6 Å². The second-order valence-corrected chi connectivity index (χ2v) is 7.33. The number of aliphatic imine (C=N–C) groups is 1. The fourth-order valence-corrected chi connectivity index (χ4v) is 3.71. The zero-order valence-electron chi connectivity index (χ0n) is 15.6. The number of hydrogen-bond acceptors (Lipinski definition) is 4. The van der Waals surface area contributed by atoms with Crippen molar-refractivity contribution in [1.82, 2.24) is 14.9 Å². The van der Waals surface area contributed by atoms with E-state index in [1.165, 1.54) is 17.4 Å². The van der Waals surface area contributed by atoms with Crippen molar-refractivity contribution in [3.8, 4) is 5.75 Å². The van der Waals surface area contributed by atoms with Crippen molar-refractivity contribution >= 4 is 40.0 Å². The molecule has 0 radical (unpaired) electrons. The van der Waals surface area contributed by atoms with Gasteiger partial charge in [0.05, 0.1) is 5.75 Å². The Hall–Kier alpha value is -1.21. The molecule has 0 aromatic heterocycles. The predicted octanol–water partition coefficient (Wildman–Crippen LogP) is 2.24. The number of guanidine groups is 1. The fraction of sp³-hybridized carbons (Fsp3) is 0.562. The van der Waals surface area contributed by atoms with Crippen molar-refractivity contribution in [2.45, 2.75) is 27.0 Å². The van der Waals surface area contributed by atoms with Crippen molar-refractivity contribution in [3.63, 3.8) is 0 Å². The molecule has 1 rings (SSSR count). The van der Waals surface area contributed by atoms with E-state index in [4.69, 9.17) is 0 Å². The summed E-state index contributed by atoms with van der Waals surface area (Å²) in [7, 11) is -1.79. The Kier molecular flexibility index (Phi) is 12.5. The lowest BCUT2D eigenvalue weighted by Gasteiger charge is -2.19. The first-order valence-corrected chi connectivity index (χ1v) is 9.90. The minimum absolute atomic E-state index is 0. The number of benzene rings is 1. The molecule has 7 nitrogen and oxygen atoms in total. The average molecular weight is 520 g/mol. The van der Waals surface area contributed by atoms with Crippen molar-refractivity contribution in [3.05, 3.63) is 29.8 Å². The van der Waals surface area contributed by atoms with Crippen molar-refractivity contribution < 1.29 is 21.9 Å². The number of hydrogen-bond donors (Lipinski definition) is 2. The SMILES string of the molecule is CCN(CC)S(=O)(=O)CCNC(=NC)NCc1ccccc1OC(F)F.I. The third kappa shape index (κ3) is 9.02. The molecule has 0 bridgehead atoms. The Labute approximate surface area is 176 Å². The summed E-state index contributed by atoms with van der Waals surface area (Å²) in [6, 6.07) is 6.42. The summed E-state index contributed by atoms with van der Waals surface area (Å²) in [5.74, 6) is 0.377. The number of para-hydroxylation sites is 1. The number of ether oxygens (including phenoxy) is 1. The molecule has 0 amide bonds. The van der Waals surface area contributed by atoms with Gasteiger partial charge in [0.1, 0.15) is 5.75 Å². The molecule has 0 heterocycles. The van der Waals surface area contributed by atoms with Gasteiger partial charge in [-0.15, -0.1) is 24.0 Å². The molecule has 2 N–H and O–H groups in total. The molecule has 27 heavy (non-hydrogen) atoms. The van der Waals surface area contributed by atoms with E-state index in [9.17, 15) is 17.2 Å². The molecule has 0 aliphatic rings. The Morgan fingerprint density at radius 3 is 2.41 bits per heavy atom. The largest absolute Gasteiger partial charge is 0.434 e. The Morgan fingerprint density at radius 2 is 1.85 bits per heavy atom. The zero-order chi connectivity index (χ0) is 19.6. The molecule has 156 valence electrons. The maximum absolute atomic E-state index is 12.4. The van der Waals surface area contributed by atoms with Gasteiger partial charge in [-0.1, -0.05) is 32.0 Å². The van der Waals surface area contributed by atoms with Gasteiger partial charge in [0.25, 0.3) is 0 Å². The average Bonchev–Trinajstić information content (AvgIpc) is 2.59. The molecule has 0 unspecified atom stereocenters. The van der Waals surface area contributed by atoms with Crippen LogP contribution in [-0.4, -0.2) is 57.7 Å². The summed E-state index contributed by atoms with van der Waals surface area (Å²) in [6.07, 6.45) is 0. The van der Waals surface area contributed by atoms with Crippen LogP contribution in [0.15, 0.2) is 29.3 Å². The van der Waals surface area contributed by atoms with E-state index in [2.05, 4.69) is 20.4 Å². The molecule has 0 aliphatic carbocycles. The van der Waals surface area contributed by atoms with Gasteiger partial charge >= 0.3 is 6.61 Å². The molecule has 0 atom stereocenters. The number of sulfonamides is 1. The van der Waals surface area contributed by atoms with Gasteiger partial charge in [0, 0.05) is 38.8 Å². The molecular formula is C16H27F2IN4O3S. The summed E-state index contributed by atoms with van der Waals surface area (Å²) >= 11 is 0. The number of rotatable bonds is 10. The van der Waals surface area contributed by atoms with Crippen LogP contribution >= 0.6 is 24.0 Å². The molecule has 0 aliphatic heterocycles. The predicted molar refractivity (Wildman–Crippen MR) is 113 cm³/mol. The van der Waals surface area contributed by atoms with Crippen LogP contribution in [0.1, 0.15) is 19.4 Å². The maximum atomic E-state index is 12.4. The van der Waals surface area contributed by atoms with E-state index in [0.717, 1.165) is 0 Å². The normalized spacial score (nSPS) is 12.0. The minimum Gasteiger partial charge on any atom is -0.434 e. The molecule has 0 spiro atoms. The highest BCUT2D eigenvalue weighted by Crippen LogP contribution is 2.19. The summed E-state index contributed by atoms with van der Waals surface area (Å²) in [5.41, 5.74) is 0.534. The van der Waals surface area contributed by atoms with E-state index in [1.807, 2.05) is 0 Å². The molecule has 11 heteroatoms. The highest BCUT2D eigenvalue weighted by atomic mass is 127. The quantitative estimate of drug-likeness (QED) is 0.281. The van der Waals surface area contributed by atoms with E-state index < -0.39 is 16.6 Å². The second kappa shape index (κ2) is 13.0. The lowest BCUT2D eigenvalue weighted by atomic mass is 10.2. The number of alkyl halides is 2. The van der Waals surface area contributed by atoms with Gasteiger partial charge < -0.3 is 15.4 Å². The van der Waals surface area contributed by atoms with Crippen LogP contribution in [0.2, 0.25) is 0 Å². The zero-order valence-corrected chi connectivity index (χ0v) is 18.8. The van der Waals surface area contributed by atoms with Crippen LogP contribution in [0, 0.1) is 0 Å². The van der Waals surface area contributed by atoms with Crippen LogP contribution < -0.4 is 15.4 Å². The van der Waals surface area contributed by atoms with Crippen molar-refractivity contribution in [2.75, 3.05) is 32.4 Å². The monoisotopic (exact) mass is 520 g/mol. The summed E-state index contributed by atoms with van der Waals surface area (Å²) in [5, 5.41) is 5.85. The third-order valence-corrected chi connectivity index (χ3v) is 5.63. The summed E-state index contributed by atoms with van der Waals surface area (Å²) in [4.78, 5) is 4.00. The molecule has 0 saturated carbocycles. The molecular weight excluding hydrogens is 493 g/mol. The summed E-state index contributed by atoms with van der Waals surface area (Å²) < 4.78 is 55.0. The Morgan fingerprint density at radius 1 is 1.22 bits per heavy atom. The topological polar surface area (TPSA) is 83.0 Å². The van der Waals surface area contributed by atoms with Gasteiger partial charge in [-0.3, -0.25) is 4.99 Å². The lowest BCUT2D eigenvalue weighted by molar-refractivity contribution is -0.0504. The Balaban J connectivity index is 0.00000676.